The molecule has 8 heteroatoms. The average molecular weight is 438 g/mol. The molecule has 0 bridgehead atoms. The lowest BCUT2D eigenvalue weighted by molar-refractivity contribution is 0.203. The number of carbonyl (C=O) groups excluding carboxylic acids is 1. The fraction of sp³-hybridized carbons (Fsp3) is 0.333. The van der Waals surface area contributed by atoms with E-state index in [9.17, 15) is 9.18 Å². The maximum Gasteiger partial charge on any atom is 0.317 e. The molecule has 0 atom stereocenters. The smallest absolute Gasteiger partial charge is 0.317 e. The van der Waals surface area contributed by atoms with Crippen molar-refractivity contribution in [3.63, 3.8) is 0 Å². The lowest BCUT2D eigenvalue weighted by Crippen LogP contribution is -2.44. The Kier molecular flexibility index (Phi) is 6.70. The molecule has 1 aliphatic rings. The Balaban J connectivity index is 1.55. The van der Waals surface area contributed by atoms with Crippen molar-refractivity contribution in [1.29, 1.82) is 0 Å². The number of likely N-dealkylation sites (N-methyl/N-ethyl adjacent to an activating group) is 1. The van der Waals surface area contributed by atoms with Gasteiger partial charge in [0.2, 0.25) is 0 Å². The number of urea groups is 1. The monoisotopic (exact) mass is 437 g/mol. The number of methoxy groups -OCH3 is 1. The molecule has 0 aliphatic carbocycles. The SMILES string of the molecule is CCNCCNC(=O)N1CC=C(c2cc3c(-c4cc(F)ccc4OC)ccnc3[nH]2)CC1. The third-order valence-electron chi connectivity index (χ3n) is 5.65. The van der Waals surface area contributed by atoms with Gasteiger partial charge in [-0.05, 0) is 54.4 Å². The number of halogens is 1. The fourth-order valence-electron chi connectivity index (χ4n) is 3.97. The Morgan fingerprint density at radius 3 is 2.88 bits per heavy atom. The highest BCUT2D eigenvalue weighted by molar-refractivity contribution is 5.96. The highest BCUT2D eigenvalue weighted by Gasteiger charge is 2.20. The van der Waals surface area contributed by atoms with E-state index < -0.39 is 0 Å². The van der Waals surface area contributed by atoms with Gasteiger partial charge in [0.25, 0.3) is 0 Å². The Morgan fingerprint density at radius 2 is 2.12 bits per heavy atom. The molecule has 2 amide bonds. The Labute approximate surface area is 186 Å². The van der Waals surface area contributed by atoms with Crippen LogP contribution in [0.5, 0.6) is 5.75 Å². The van der Waals surface area contributed by atoms with Crippen LogP contribution in [0.2, 0.25) is 0 Å². The van der Waals surface area contributed by atoms with Gasteiger partial charge < -0.3 is 25.3 Å². The number of ether oxygens (including phenoxy) is 1. The molecule has 0 radical (unpaired) electrons. The van der Waals surface area contributed by atoms with E-state index in [0.717, 1.165) is 47.4 Å². The van der Waals surface area contributed by atoms with Crippen LogP contribution in [-0.4, -0.2) is 60.7 Å². The molecule has 4 rings (SSSR count). The summed E-state index contributed by atoms with van der Waals surface area (Å²) in [4.78, 5) is 22.0. The molecule has 3 N–H and O–H groups in total. The summed E-state index contributed by atoms with van der Waals surface area (Å²) in [6, 6.07) is 8.36. The molecule has 0 unspecified atom stereocenters. The number of fused-ring (bicyclic) bond motifs is 1. The zero-order valence-electron chi connectivity index (χ0n) is 18.4. The quantitative estimate of drug-likeness (QED) is 0.491. The molecule has 168 valence electrons. The maximum absolute atomic E-state index is 14.0. The first-order chi connectivity index (χ1) is 15.6. The van der Waals surface area contributed by atoms with Crippen LogP contribution in [-0.2, 0) is 0 Å². The highest BCUT2D eigenvalue weighted by atomic mass is 19.1. The topological polar surface area (TPSA) is 82.3 Å². The number of nitrogens with one attached hydrogen (secondary N) is 3. The predicted molar refractivity (Wildman–Crippen MR) is 124 cm³/mol. The van der Waals surface area contributed by atoms with Crippen molar-refractivity contribution in [2.75, 3.05) is 39.8 Å². The van der Waals surface area contributed by atoms with Gasteiger partial charge in [0.05, 0.1) is 7.11 Å². The highest BCUT2D eigenvalue weighted by Crippen LogP contribution is 2.36. The molecule has 1 aliphatic heterocycles. The van der Waals surface area contributed by atoms with E-state index >= 15 is 0 Å². The number of benzene rings is 1. The summed E-state index contributed by atoms with van der Waals surface area (Å²) in [7, 11) is 1.58. The minimum atomic E-state index is -0.319. The van der Waals surface area contributed by atoms with Crippen molar-refractivity contribution in [2.45, 2.75) is 13.3 Å². The maximum atomic E-state index is 14.0. The summed E-state index contributed by atoms with van der Waals surface area (Å²) in [5.41, 5.74) is 4.36. The van der Waals surface area contributed by atoms with Crippen molar-refractivity contribution in [2.24, 2.45) is 0 Å². The second-order valence-electron chi connectivity index (χ2n) is 7.66. The second-order valence-corrected chi connectivity index (χ2v) is 7.66. The number of hydrogen-bond donors (Lipinski definition) is 3. The number of nitrogens with zero attached hydrogens (tertiary/aromatic N) is 2. The number of aromatic amines is 1. The van der Waals surface area contributed by atoms with E-state index in [2.05, 4.69) is 26.7 Å². The molecular weight excluding hydrogens is 409 g/mol. The zero-order valence-corrected chi connectivity index (χ0v) is 18.4. The van der Waals surface area contributed by atoms with Gasteiger partial charge >= 0.3 is 6.03 Å². The molecule has 3 aromatic rings. The number of pyridine rings is 1. The number of amides is 2. The lowest BCUT2D eigenvalue weighted by atomic mass is 10.0. The molecule has 0 saturated heterocycles. The van der Waals surface area contributed by atoms with E-state index in [-0.39, 0.29) is 11.8 Å². The van der Waals surface area contributed by atoms with Gasteiger partial charge in [0.15, 0.2) is 0 Å². The number of H-pyrrole nitrogens is 1. The molecule has 3 heterocycles. The van der Waals surface area contributed by atoms with Crippen molar-refractivity contribution >= 4 is 22.6 Å². The molecule has 32 heavy (non-hydrogen) atoms. The molecule has 7 nitrogen and oxygen atoms in total. The largest absolute Gasteiger partial charge is 0.496 e. The van der Waals surface area contributed by atoms with Crippen LogP contribution in [0.1, 0.15) is 19.0 Å². The van der Waals surface area contributed by atoms with Crippen molar-refractivity contribution in [3.05, 3.63) is 54.1 Å². The van der Waals surface area contributed by atoms with Gasteiger partial charge in [0, 0.05) is 49.0 Å². The van der Waals surface area contributed by atoms with Gasteiger partial charge in [0.1, 0.15) is 17.2 Å². The van der Waals surface area contributed by atoms with E-state index in [4.69, 9.17) is 4.74 Å². The van der Waals surface area contributed by atoms with Crippen LogP contribution in [0.3, 0.4) is 0 Å². The third-order valence-corrected chi connectivity index (χ3v) is 5.65. The minimum Gasteiger partial charge on any atom is -0.496 e. The predicted octanol–water partition coefficient (Wildman–Crippen LogP) is 3.79. The molecule has 2 aromatic heterocycles. The number of aromatic nitrogens is 2. The molecule has 1 aromatic carbocycles. The van der Waals surface area contributed by atoms with E-state index in [1.54, 1.807) is 24.3 Å². The summed E-state index contributed by atoms with van der Waals surface area (Å²) in [5, 5.41) is 7.03. The van der Waals surface area contributed by atoms with Gasteiger partial charge in [-0.15, -0.1) is 0 Å². The summed E-state index contributed by atoms with van der Waals surface area (Å²) >= 11 is 0. The van der Waals surface area contributed by atoms with Crippen LogP contribution in [0, 0.1) is 5.82 Å². The van der Waals surface area contributed by atoms with Gasteiger partial charge in [-0.25, -0.2) is 14.2 Å². The Hall–Kier alpha value is -3.39. The van der Waals surface area contributed by atoms with Crippen LogP contribution < -0.4 is 15.4 Å². The second kappa shape index (κ2) is 9.82. The Morgan fingerprint density at radius 1 is 1.25 bits per heavy atom. The van der Waals surface area contributed by atoms with Crippen molar-refractivity contribution in [3.8, 4) is 16.9 Å². The lowest BCUT2D eigenvalue weighted by Gasteiger charge is -2.26. The molecule has 0 spiro atoms. The first-order valence-corrected chi connectivity index (χ1v) is 10.8. The van der Waals surface area contributed by atoms with Crippen LogP contribution in [0.25, 0.3) is 27.7 Å². The summed E-state index contributed by atoms with van der Waals surface area (Å²) in [6.45, 7) is 5.49. The van der Waals surface area contributed by atoms with Gasteiger partial charge in [-0.1, -0.05) is 13.0 Å². The van der Waals surface area contributed by atoms with Crippen molar-refractivity contribution in [1.82, 2.24) is 25.5 Å². The van der Waals surface area contributed by atoms with Crippen LogP contribution in [0.4, 0.5) is 9.18 Å². The van der Waals surface area contributed by atoms with Gasteiger partial charge in [-0.3, -0.25) is 0 Å². The minimum absolute atomic E-state index is 0.0444. The fourth-order valence-corrected chi connectivity index (χ4v) is 3.97. The van der Waals surface area contributed by atoms with E-state index in [1.165, 1.54) is 12.1 Å². The number of carbonyl (C=O) groups is 1. The van der Waals surface area contributed by atoms with Crippen LogP contribution >= 0.6 is 0 Å². The summed E-state index contributed by atoms with van der Waals surface area (Å²) < 4.78 is 19.4. The van der Waals surface area contributed by atoms with E-state index in [1.807, 2.05) is 19.1 Å². The first kappa shape index (κ1) is 21.8. The van der Waals surface area contributed by atoms with Crippen LogP contribution in [0.15, 0.2) is 42.6 Å². The first-order valence-electron chi connectivity index (χ1n) is 10.8. The molecule has 0 fully saturated rings. The zero-order chi connectivity index (χ0) is 22.5. The number of rotatable bonds is 7. The number of hydrogen-bond acceptors (Lipinski definition) is 4. The Bertz CT molecular complexity index is 1140. The van der Waals surface area contributed by atoms with Gasteiger partial charge in [-0.2, -0.15) is 0 Å². The summed E-state index contributed by atoms with van der Waals surface area (Å²) in [5.74, 6) is 0.287. The molecular formula is C24H28FN5O2. The normalized spacial score (nSPS) is 13.8. The third kappa shape index (κ3) is 4.60. The summed E-state index contributed by atoms with van der Waals surface area (Å²) in [6.07, 6.45) is 4.52. The average Bonchev–Trinajstić information content (AvgIpc) is 3.26. The van der Waals surface area contributed by atoms with E-state index in [0.29, 0.717) is 30.9 Å². The molecule has 0 saturated carbocycles. The standard InChI is InChI=1S/C24H28FN5O2/c1-3-26-10-11-28-24(31)30-12-7-16(8-13-30)21-15-20-18(6-9-27-23(20)29-21)19-14-17(25)4-5-22(19)32-2/h4-7,9,14-15,26H,3,8,10-13H2,1-2H3,(H,27,29)(H,28,31). The van der Waals surface area contributed by atoms with Crippen molar-refractivity contribution < 1.29 is 13.9 Å².